The Kier molecular flexibility index (Phi) is 2.70. The Bertz CT molecular complexity index is 309. The smallest absolute Gasteiger partial charge is 0.137 e. The van der Waals surface area contributed by atoms with Gasteiger partial charge in [0.2, 0.25) is 0 Å². The summed E-state index contributed by atoms with van der Waals surface area (Å²) in [6.45, 7) is 0. The molecule has 0 aliphatic rings. The highest BCUT2D eigenvalue weighted by Gasteiger charge is 2.08. The van der Waals surface area contributed by atoms with E-state index in [1.54, 1.807) is 0 Å². The maximum absolute atomic E-state index is 10.1. The van der Waals surface area contributed by atoms with Crippen LogP contribution in [0.4, 0.5) is 0 Å². The summed E-state index contributed by atoms with van der Waals surface area (Å²) in [7, 11) is 0. The molecule has 0 amide bonds. The van der Waals surface area contributed by atoms with Crippen LogP contribution in [0.25, 0.3) is 0 Å². The van der Waals surface area contributed by atoms with Crippen molar-refractivity contribution in [3.8, 4) is 11.5 Å². The molecule has 0 atom stereocenters. The maximum atomic E-state index is 10.1. The molecule has 0 aliphatic carbocycles. The number of hydrogen-bond acceptors (Lipinski definition) is 3. The third-order valence-electron chi connectivity index (χ3n) is 1.48. The van der Waals surface area contributed by atoms with Crippen molar-refractivity contribution in [1.82, 2.24) is 0 Å². The molecule has 0 aliphatic heterocycles. The van der Waals surface area contributed by atoms with Crippen molar-refractivity contribution in [3.05, 3.63) is 22.2 Å². The Morgan fingerprint density at radius 2 is 2.08 bits per heavy atom. The summed E-state index contributed by atoms with van der Waals surface area (Å²) in [5.74, 6) is -0.121. The van der Waals surface area contributed by atoms with Gasteiger partial charge in [0, 0.05) is 12.0 Å². The quantitative estimate of drug-likeness (QED) is 0.760. The zero-order valence-electron chi connectivity index (χ0n) is 6.12. The largest absolute Gasteiger partial charge is 0.507 e. The van der Waals surface area contributed by atoms with Crippen LogP contribution in [0.1, 0.15) is 5.56 Å². The average molecular weight is 231 g/mol. The molecule has 0 saturated heterocycles. The Morgan fingerprint density at radius 1 is 1.42 bits per heavy atom. The van der Waals surface area contributed by atoms with E-state index in [4.69, 9.17) is 5.11 Å². The molecule has 0 bridgehead atoms. The summed E-state index contributed by atoms with van der Waals surface area (Å²) in [5.41, 5.74) is 0.495. The first-order valence-corrected chi connectivity index (χ1v) is 4.09. The fourth-order valence-corrected chi connectivity index (χ4v) is 1.24. The van der Waals surface area contributed by atoms with Gasteiger partial charge in [0.1, 0.15) is 22.3 Å². The minimum Gasteiger partial charge on any atom is -0.507 e. The van der Waals surface area contributed by atoms with Crippen LogP contribution in [0.5, 0.6) is 11.5 Å². The van der Waals surface area contributed by atoms with Crippen LogP contribution in [-0.2, 0) is 11.2 Å². The van der Waals surface area contributed by atoms with Crippen molar-refractivity contribution in [3.63, 3.8) is 0 Å². The van der Waals surface area contributed by atoms with Crippen LogP contribution in [0.3, 0.4) is 0 Å². The number of rotatable bonds is 2. The minimum absolute atomic E-state index is 0.0397. The van der Waals surface area contributed by atoms with E-state index in [1.807, 2.05) is 0 Å². The van der Waals surface area contributed by atoms with Gasteiger partial charge in [0.25, 0.3) is 0 Å². The lowest BCUT2D eigenvalue weighted by atomic mass is 10.1. The number of carbonyl (C=O) groups excluding carboxylic acids is 1. The van der Waals surface area contributed by atoms with Gasteiger partial charge >= 0.3 is 0 Å². The normalized spacial score (nSPS) is 9.75. The van der Waals surface area contributed by atoms with E-state index in [2.05, 4.69) is 15.9 Å². The zero-order chi connectivity index (χ0) is 9.14. The molecule has 1 aromatic rings. The molecule has 0 heterocycles. The third-order valence-corrected chi connectivity index (χ3v) is 2.26. The van der Waals surface area contributed by atoms with Crippen molar-refractivity contribution >= 4 is 22.2 Å². The molecule has 3 nitrogen and oxygen atoms in total. The van der Waals surface area contributed by atoms with E-state index in [0.717, 1.165) is 0 Å². The lowest BCUT2D eigenvalue weighted by molar-refractivity contribution is -0.107. The van der Waals surface area contributed by atoms with Gasteiger partial charge in [0.05, 0.1) is 0 Å². The fraction of sp³-hybridized carbons (Fsp3) is 0.125. The summed E-state index contributed by atoms with van der Waals surface area (Å²) >= 11 is 2.98. The number of aromatic hydroxyl groups is 2. The van der Waals surface area contributed by atoms with Crippen molar-refractivity contribution in [1.29, 1.82) is 0 Å². The first-order valence-electron chi connectivity index (χ1n) is 3.29. The number of halogens is 1. The number of carbonyl (C=O) groups is 1. The highest BCUT2D eigenvalue weighted by molar-refractivity contribution is 9.10. The first kappa shape index (κ1) is 9.06. The SMILES string of the molecule is O=CCc1ccc(O)c(Br)c1O. The van der Waals surface area contributed by atoms with Crippen LogP contribution >= 0.6 is 15.9 Å². The van der Waals surface area contributed by atoms with Gasteiger partial charge in [-0.05, 0) is 22.0 Å². The van der Waals surface area contributed by atoms with Gasteiger partial charge in [-0.15, -0.1) is 0 Å². The van der Waals surface area contributed by atoms with Crippen molar-refractivity contribution < 1.29 is 15.0 Å². The molecule has 0 unspecified atom stereocenters. The monoisotopic (exact) mass is 230 g/mol. The minimum atomic E-state index is -0.0814. The van der Waals surface area contributed by atoms with Gasteiger partial charge in [-0.1, -0.05) is 6.07 Å². The van der Waals surface area contributed by atoms with Crippen LogP contribution in [0.15, 0.2) is 16.6 Å². The molecule has 1 rings (SSSR count). The number of phenols is 2. The van der Waals surface area contributed by atoms with Gasteiger partial charge < -0.3 is 15.0 Å². The zero-order valence-corrected chi connectivity index (χ0v) is 7.71. The molecule has 0 radical (unpaired) electrons. The van der Waals surface area contributed by atoms with Crippen LogP contribution in [0.2, 0.25) is 0 Å². The van der Waals surface area contributed by atoms with Crippen LogP contribution in [0, 0.1) is 0 Å². The van der Waals surface area contributed by atoms with Gasteiger partial charge in [-0.2, -0.15) is 0 Å². The van der Waals surface area contributed by atoms with Crippen molar-refractivity contribution in [2.45, 2.75) is 6.42 Å². The molecule has 0 fully saturated rings. The molecule has 1 aromatic carbocycles. The third kappa shape index (κ3) is 1.58. The predicted molar refractivity (Wildman–Crippen MR) is 47.2 cm³/mol. The number of hydrogen-bond donors (Lipinski definition) is 2. The average Bonchev–Trinajstić information content (AvgIpc) is 2.07. The Morgan fingerprint density at radius 3 is 2.67 bits per heavy atom. The number of aldehydes is 1. The second-order valence-corrected chi connectivity index (χ2v) is 3.07. The van der Waals surface area contributed by atoms with Crippen molar-refractivity contribution in [2.24, 2.45) is 0 Å². The molecular weight excluding hydrogens is 224 g/mol. The molecule has 64 valence electrons. The molecule has 2 N–H and O–H groups in total. The summed E-state index contributed by atoms with van der Waals surface area (Å²) in [6, 6.07) is 2.92. The molecule has 0 spiro atoms. The van der Waals surface area contributed by atoms with E-state index in [-0.39, 0.29) is 22.4 Å². The second kappa shape index (κ2) is 3.58. The molecule has 0 saturated carbocycles. The second-order valence-electron chi connectivity index (χ2n) is 2.28. The lowest BCUT2D eigenvalue weighted by Crippen LogP contribution is -1.87. The van der Waals surface area contributed by atoms with E-state index in [9.17, 15) is 9.90 Å². The van der Waals surface area contributed by atoms with Gasteiger partial charge in [-0.25, -0.2) is 0 Å². The Balaban J connectivity index is 3.16. The fourth-order valence-electron chi connectivity index (χ4n) is 0.848. The van der Waals surface area contributed by atoms with E-state index in [0.29, 0.717) is 11.8 Å². The lowest BCUT2D eigenvalue weighted by Gasteiger charge is -2.03. The van der Waals surface area contributed by atoms with Gasteiger partial charge in [-0.3, -0.25) is 0 Å². The van der Waals surface area contributed by atoms with E-state index in [1.165, 1.54) is 12.1 Å². The molecule has 12 heavy (non-hydrogen) atoms. The molecule has 4 heteroatoms. The van der Waals surface area contributed by atoms with E-state index < -0.39 is 0 Å². The van der Waals surface area contributed by atoms with Crippen LogP contribution < -0.4 is 0 Å². The molecule has 0 aromatic heterocycles. The highest BCUT2D eigenvalue weighted by atomic mass is 79.9. The van der Waals surface area contributed by atoms with Crippen LogP contribution in [-0.4, -0.2) is 16.5 Å². The number of phenolic OH excluding ortho intramolecular Hbond substituents is 2. The Hall–Kier alpha value is -1.03. The summed E-state index contributed by atoms with van der Waals surface area (Å²) in [6.07, 6.45) is 0.837. The summed E-state index contributed by atoms with van der Waals surface area (Å²) in [5, 5.41) is 18.4. The first-order chi connectivity index (χ1) is 5.66. The predicted octanol–water partition coefficient (Wildman–Crippen LogP) is 1.60. The Labute approximate surface area is 77.8 Å². The van der Waals surface area contributed by atoms with Crippen molar-refractivity contribution in [2.75, 3.05) is 0 Å². The summed E-state index contributed by atoms with van der Waals surface area (Å²) < 4.78 is 0.224. The van der Waals surface area contributed by atoms with E-state index >= 15 is 0 Å². The standard InChI is InChI=1S/C8H7BrO3/c9-7-6(11)2-1-5(3-4-10)8(7)12/h1-2,4,11-12H,3H2. The topological polar surface area (TPSA) is 57.5 Å². The maximum Gasteiger partial charge on any atom is 0.137 e. The van der Waals surface area contributed by atoms with Gasteiger partial charge in [0.15, 0.2) is 0 Å². The number of benzene rings is 1. The summed E-state index contributed by atoms with van der Waals surface area (Å²) in [4.78, 5) is 10.1. The highest BCUT2D eigenvalue weighted by Crippen LogP contribution is 2.35. The molecular formula is C8H7BrO3.